The van der Waals surface area contributed by atoms with Crippen LogP contribution >= 0.6 is 0 Å². The van der Waals surface area contributed by atoms with Gasteiger partial charge in [-0.05, 0) is 25.0 Å². The molecule has 58 valence electrons. The van der Waals surface area contributed by atoms with Crippen LogP contribution in [-0.2, 0) is 4.74 Å². The molecule has 0 saturated heterocycles. The summed E-state index contributed by atoms with van der Waals surface area (Å²) >= 11 is 0. The summed E-state index contributed by atoms with van der Waals surface area (Å²) in [5, 5.41) is 0. The zero-order valence-corrected chi connectivity index (χ0v) is 5.95. The average molecular weight is 152 g/mol. The Morgan fingerprint density at radius 1 is 1.64 bits per heavy atom. The lowest BCUT2D eigenvalue weighted by Gasteiger charge is -1.97. The Labute approximate surface area is 64.0 Å². The predicted octanol–water partition coefficient (Wildman–Crippen LogP) is 1.60. The smallest absolute Gasteiger partial charge is 0.374 e. The van der Waals surface area contributed by atoms with Crippen LogP contribution in [-0.4, -0.2) is 12.1 Å². The van der Waals surface area contributed by atoms with Crippen LogP contribution in [0.4, 0.5) is 0 Å². The second-order valence-electron chi connectivity index (χ2n) is 2.58. The molecule has 1 aliphatic carbocycles. The topological polar surface area (TPSA) is 39.4 Å². The fraction of sp³-hybridized carbons (Fsp3) is 0.375. The molecule has 0 aliphatic heterocycles. The van der Waals surface area contributed by atoms with Gasteiger partial charge in [0.2, 0.25) is 5.76 Å². The highest BCUT2D eigenvalue weighted by molar-refractivity contribution is 5.86. The van der Waals surface area contributed by atoms with E-state index in [1.54, 1.807) is 12.1 Å². The van der Waals surface area contributed by atoms with Crippen molar-refractivity contribution in [3.05, 3.63) is 24.2 Å². The predicted molar refractivity (Wildman–Crippen MR) is 37.1 cm³/mol. The molecule has 0 radical (unpaired) electrons. The normalized spacial score (nSPS) is 16.4. The Bertz CT molecular complexity index is 246. The van der Waals surface area contributed by atoms with Crippen molar-refractivity contribution < 1.29 is 13.9 Å². The number of esters is 1. The summed E-state index contributed by atoms with van der Waals surface area (Å²) < 4.78 is 9.82. The van der Waals surface area contributed by atoms with Gasteiger partial charge in [-0.15, -0.1) is 0 Å². The molecule has 0 aromatic carbocycles. The number of hydrogen-bond donors (Lipinski definition) is 0. The van der Waals surface area contributed by atoms with Crippen LogP contribution in [0.25, 0.3) is 0 Å². The van der Waals surface area contributed by atoms with Crippen LogP contribution in [0, 0.1) is 0 Å². The van der Waals surface area contributed by atoms with E-state index in [2.05, 4.69) is 0 Å². The summed E-state index contributed by atoms with van der Waals surface area (Å²) in [7, 11) is 0. The molecule has 11 heavy (non-hydrogen) atoms. The fourth-order valence-corrected chi connectivity index (χ4v) is 0.790. The molecule has 1 aromatic heterocycles. The van der Waals surface area contributed by atoms with E-state index in [0.29, 0.717) is 0 Å². The van der Waals surface area contributed by atoms with Crippen LogP contribution in [0.2, 0.25) is 0 Å². The number of ether oxygens (including phenoxy) is 1. The van der Waals surface area contributed by atoms with Gasteiger partial charge in [0.25, 0.3) is 0 Å². The van der Waals surface area contributed by atoms with Crippen molar-refractivity contribution >= 4 is 5.97 Å². The van der Waals surface area contributed by atoms with E-state index in [0.717, 1.165) is 12.8 Å². The summed E-state index contributed by atoms with van der Waals surface area (Å²) in [6, 6.07) is 3.27. The fourth-order valence-electron chi connectivity index (χ4n) is 0.790. The number of carbonyl (C=O) groups excluding carboxylic acids is 1. The van der Waals surface area contributed by atoms with Crippen LogP contribution in [0.5, 0.6) is 0 Å². The largest absolute Gasteiger partial charge is 0.457 e. The van der Waals surface area contributed by atoms with Gasteiger partial charge in [-0.2, -0.15) is 0 Å². The molecule has 2 rings (SSSR count). The number of rotatable bonds is 2. The first-order valence-electron chi connectivity index (χ1n) is 3.61. The first-order valence-corrected chi connectivity index (χ1v) is 3.61. The van der Waals surface area contributed by atoms with Crippen LogP contribution < -0.4 is 0 Å². The first kappa shape index (κ1) is 6.46. The Morgan fingerprint density at radius 2 is 2.45 bits per heavy atom. The number of hydrogen-bond acceptors (Lipinski definition) is 3. The van der Waals surface area contributed by atoms with Gasteiger partial charge in [0, 0.05) is 0 Å². The Morgan fingerprint density at radius 3 is 3.00 bits per heavy atom. The summed E-state index contributed by atoms with van der Waals surface area (Å²) in [6.07, 6.45) is 3.59. The minimum absolute atomic E-state index is 0.146. The van der Waals surface area contributed by atoms with Gasteiger partial charge in [-0.1, -0.05) is 0 Å². The molecule has 1 aromatic rings. The highest BCUT2D eigenvalue weighted by Crippen LogP contribution is 2.24. The maximum absolute atomic E-state index is 11.0. The van der Waals surface area contributed by atoms with E-state index in [-0.39, 0.29) is 17.8 Å². The van der Waals surface area contributed by atoms with Gasteiger partial charge < -0.3 is 9.15 Å². The van der Waals surface area contributed by atoms with Crippen molar-refractivity contribution in [3.8, 4) is 0 Å². The zero-order chi connectivity index (χ0) is 7.68. The summed E-state index contributed by atoms with van der Waals surface area (Å²) in [4.78, 5) is 11.0. The molecule has 3 nitrogen and oxygen atoms in total. The van der Waals surface area contributed by atoms with E-state index in [4.69, 9.17) is 9.15 Å². The molecular formula is C8H8O3. The second kappa shape index (κ2) is 2.42. The van der Waals surface area contributed by atoms with Crippen molar-refractivity contribution in [1.82, 2.24) is 0 Å². The van der Waals surface area contributed by atoms with E-state index in [1.807, 2.05) is 0 Å². The summed E-state index contributed by atoms with van der Waals surface area (Å²) in [6.45, 7) is 0. The van der Waals surface area contributed by atoms with Crippen molar-refractivity contribution in [2.24, 2.45) is 0 Å². The molecule has 0 atom stereocenters. The number of furan rings is 1. The molecule has 1 heterocycles. The minimum atomic E-state index is -0.350. The third-order valence-corrected chi connectivity index (χ3v) is 1.52. The average Bonchev–Trinajstić information content (AvgIpc) is 2.67. The quantitative estimate of drug-likeness (QED) is 0.604. The molecule has 0 amide bonds. The van der Waals surface area contributed by atoms with Crippen molar-refractivity contribution in [2.45, 2.75) is 18.9 Å². The van der Waals surface area contributed by atoms with Gasteiger partial charge >= 0.3 is 5.97 Å². The standard InChI is InChI=1S/C8H8O3/c9-8(11-6-3-4-6)7-2-1-5-10-7/h1-2,5-6H,3-4H2. The monoisotopic (exact) mass is 152 g/mol. The van der Waals surface area contributed by atoms with Crippen LogP contribution in [0.3, 0.4) is 0 Å². The second-order valence-corrected chi connectivity index (χ2v) is 2.58. The molecule has 1 saturated carbocycles. The van der Waals surface area contributed by atoms with Crippen molar-refractivity contribution in [2.75, 3.05) is 0 Å². The Balaban J connectivity index is 1.99. The Kier molecular flexibility index (Phi) is 1.42. The molecular weight excluding hydrogens is 144 g/mol. The first-order chi connectivity index (χ1) is 5.36. The SMILES string of the molecule is O=C(OC1CC1)c1ccco1. The highest BCUT2D eigenvalue weighted by Gasteiger charge is 2.27. The van der Waals surface area contributed by atoms with Crippen molar-refractivity contribution in [1.29, 1.82) is 0 Å². The molecule has 0 bridgehead atoms. The van der Waals surface area contributed by atoms with E-state index in [1.165, 1.54) is 6.26 Å². The number of carbonyl (C=O) groups is 1. The molecule has 0 spiro atoms. The lowest BCUT2D eigenvalue weighted by atomic mass is 10.5. The minimum Gasteiger partial charge on any atom is -0.457 e. The third-order valence-electron chi connectivity index (χ3n) is 1.52. The molecule has 1 aliphatic rings. The van der Waals surface area contributed by atoms with Crippen molar-refractivity contribution in [3.63, 3.8) is 0 Å². The molecule has 1 fully saturated rings. The van der Waals surface area contributed by atoms with Crippen LogP contribution in [0.1, 0.15) is 23.4 Å². The maximum atomic E-state index is 11.0. The van der Waals surface area contributed by atoms with E-state index in [9.17, 15) is 4.79 Å². The van der Waals surface area contributed by atoms with Gasteiger partial charge in [0.1, 0.15) is 6.10 Å². The molecule has 0 unspecified atom stereocenters. The summed E-state index contributed by atoms with van der Waals surface area (Å²) in [5.41, 5.74) is 0. The third kappa shape index (κ3) is 1.42. The maximum Gasteiger partial charge on any atom is 0.374 e. The molecule has 0 N–H and O–H groups in total. The van der Waals surface area contributed by atoms with Gasteiger partial charge in [0.15, 0.2) is 0 Å². The van der Waals surface area contributed by atoms with Gasteiger partial charge in [-0.25, -0.2) is 4.79 Å². The van der Waals surface area contributed by atoms with Gasteiger partial charge in [-0.3, -0.25) is 0 Å². The lowest BCUT2D eigenvalue weighted by molar-refractivity contribution is 0.0436. The van der Waals surface area contributed by atoms with Gasteiger partial charge in [0.05, 0.1) is 6.26 Å². The van der Waals surface area contributed by atoms with E-state index < -0.39 is 0 Å². The Hall–Kier alpha value is -1.25. The zero-order valence-electron chi connectivity index (χ0n) is 5.95. The van der Waals surface area contributed by atoms with Crippen LogP contribution in [0.15, 0.2) is 22.8 Å². The summed E-state index contributed by atoms with van der Waals surface area (Å²) in [5.74, 6) is -0.0607. The lowest BCUT2D eigenvalue weighted by Crippen LogP contribution is -2.04. The van der Waals surface area contributed by atoms with E-state index >= 15 is 0 Å². The highest BCUT2D eigenvalue weighted by atomic mass is 16.6. The molecule has 3 heteroatoms.